The summed E-state index contributed by atoms with van der Waals surface area (Å²) in [6, 6.07) is 14.0. The number of amides is 1. The normalized spacial score (nSPS) is 14.4. The van der Waals surface area contributed by atoms with Crippen LogP contribution in [-0.2, 0) is 11.2 Å². The summed E-state index contributed by atoms with van der Waals surface area (Å²) >= 11 is 0. The average Bonchev–Trinajstić information content (AvgIpc) is 3.34. The first-order valence-corrected chi connectivity index (χ1v) is 10.7. The molecule has 4 heterocycles. The van der Waals surface area contributed by atoms with Gasteiger partial charge in [-0.05, 0) is 37.6 Å². The molecule has 0 bridgehead atoms. The Balaban J connectivity index is 1.27. The number of benzene rings is 1. The second kappa shape index (κ2) is 7.91. The number of nitrogens with zero attached hydrogens (tertiary/aromatic N) is 5. The summed E-state index contributed by atoms with van der Waals surface area (Å²) in [5.41, 5.74) is 5.35. The highest BCUT2D eigenvalue weighted by Crippen LogP contribution is 2.27. The van der Waals surface area contributed by atoms with Crippen LogP contribution in [0.3, 0.4) is 0 Å². The maximum atomic E-state index is 12.9. The third-order valence-corrected chi connectivity index (χ3v) is 6.08. The van der Waals surface area contributed by atoms with Gasteiger partial charge in [-0.2, -0.15) is 5.10 Å². The van der Waals surface area contributed by atoms with E-state index in [4.69, 9.17) is 5.10 Å². The molecule has 1 aliphatic heterocycles. The second-order valence-electron chi connectivity index (χ2n) is 8.02. The van der Waals surface area contributed by atoms with Crippen molar-refractivity contribution >= 4 is 22.5 Å². The zero-order chi connectivity index (χ0) is 21.4. The van der Waals surface area contributed by atoms with E-state index >= 15 is 0 Å². The van der Waals surface area contributed by atoms with E-state index in [9.17, 15) is 4.79 Å². The largest absolute Gasteiger partial charge is 0.365 e. The maximum Gasteiger partial charge on any atom is 0.227 e. The molecule has 158 valence electrons. The summed E-state index contributed by atoms with van der Waals surface area (Å²) in [4.78, 5) is 25.0. The van der Waals surface area contributed by atoms with E-state index in [-0.39, 0.29) is 5.91 Å². The first-order chi connectivity index (χ1) is 15.1. The lowest BCUT2D eigenvalue weighted by Crippen LogP contribution is -2.49. The SMILES string of the molecule is Cc1nn(-c2ccccn2)c(C)c1N1CCN(C(=O)Cc2c[nH]c3ccccc23)CC1. The number of piperazine rings is 1. The highest BCUT2D eigenvalue weighted by Gasteiger charge is 2.26. The van der Waals surface area contributed by atoms with Crippen molar-refractivity contribution in [2.75, 3.05) is 31.1 Å². The molecule has 7 nitrogen and oxygen atoms in total. The van der Waals surface area contributed by atoms with Gasteiger partial charge in [-0.1, -0.05) is 24.3 Å². The number of aromatic nitrogens is 4. The van der Waals surface area contributed by atoms with Crippen LogP contribution in [0.1, 0.15) is 17.0 Å². The molecule has 1 aromatic carbocycles. The number of para-hydroxylation sites is 1. The van der Waals surface area contributed by atoms with Gasteiger partial charge in [0.2, 0.25) is 5.91 Å². The number of pyridine rings is 1. The number of aromatic amines is 1. The van der Waals surface area contributed by atoms with Crippen LogP contribution in [0.4, 0.5) is 5.69 Å². The lowest BCUT2D eigenvalue weighted by molar-refractivity contribution is -0.130. The third-order valence-electron chi connectivity index (χ3n) is 6.08. The van der Waals surface area contributed by atoms with Crippen molar-refractivity contribution < 1.29 is 4.79 Å². The van der Waals surface area contributed by atoms with Gasteiger partial charge in [-0.3, -0.25) is 4.79 Å². The predicted molar refractivity (Wildman–Crippen MR) is 122 cm³/mol. The molecule has 7 heteroatoms. The van der Waals surface area contributed by atoms with E-state index in [2.05, 4.69) is 27.9 Å². The number of rotatable bonds is 4. The molecule has 1 amide bonds. The molecule has 0 radical (unpaired) electrons. The van der Waals surface area contributed by atoms with Gasteiger partial charge in [0.1, 0.15) is 0 Å². The Morgan fingerprint density at radius 3 is 2.58 bits per heavy atom. The molecule has 0 atom stereocenters. The van der Waals surface area contributed by atoms with Crippen molar-refractivity contribution in [3.05, 3.63) is 71.8 Å². The minimum atomic E-state index is 0.182. The Kier molecular flexibility index (Phi) is 4.94. The number of hydrogen-bond donors (Lipinski definition) is 1. The van der Waals surface area contributed by atoms with Crippen LogP contribution >= 0.6 is 0 Å². The Morgan fingerprint density at radius 2 is 1.81 bits per heavy atom. The molecule has 0 spiro atoms. The molecule has 4 aromatic rings. The monoisotopic (exact) mass is 414 g/mol. The van der Waals surface area contributed by atoms with Crippen molar-refractivity contribution in [1.82, 2.24) is 24.6 Å². The number of carbonyl (C=O) groups is 1. The van der Waals surface area contributed by atoms with Crippen LogP contribution in [-0.4, -0.2) is 56.7 Å². The van der Waals surface area contributed by atoms with Crippen molar-refractivity contribution in [2.45, 2.75) is 20.3 Å². The first-order valence-electron chi connectivity index (χ1n) is 10.7. The van der Waals surface area contributed by atoms with Crippen LogP contribution in [0.25, 0.3) is 16.7 Å². The zero-order valence-corrected chi connectivity index (χ0v) is 17.9. The molecule has 31 heavy (non-hydrogen) atoms. The lowest BCUT2D eigenvalue weighted by Gasteiger charge is -2.36. The van der Waals surface area contributed by atoms with E-state index in [0.717, 1.165) is 65.5 Å². The number of H-pyrrole nitrogens is 1. The summed E-state index contributed by atoms with van der Waals surface area (Å²) < 4.78 is 1.90. The highest BCUT2D eigenvalue weighted by atomic mass is 16.2. The molecular formula is C24H26N6O. The molecule has 1 saturated heterocycles. The van der Waals surface area contributed by atoms with Crippen molar-refractivity contribution in [3.63, 3.8) is 0 Å². The van der Waals surface area contributed by atoms with Gasteiger partial charge in [-0.15, -0.1) is 0 Å². The average molecular weight is 415 g/mol. The summed E-state index contributed by atoms with van der Waals surface area (Å²) in [5.74, 6) is 1.00. The molecule has 0 aliphatic carbocycles. The Morgan fingerprint density at radius 1 is 1.03 bits per heavy atom. The third kappa shape index (κ3) is 3.56. The minimum absolute atomic E-state index is 0.182. The fourth-order valence-corrected chi connectivity index (χ4v) is 4.53. The fourth-order valence-electron chi connectivity index (χ4n) is 4.53. The number of anilines is 1. The van der Waals surface area contributed by atoms with Gasteiger partial charge in [-0.25, -0.2) is 9.67 Å². The van der Waals surface area contributed by atoms with E-state index in [0.29, 0.717) is 6.42 Å². The molecule has 0 unspecified atom stereocenters. The molecule has 0 saturated carbocycles. The first kappa shape index (κ1) is 19.4. The van der Waals surface area contributed by atoms with Crippen LogP contribution in [0.15, 0.2) is 54.9 Å². The fraction of sp³-hybridized carbons (Fsp3) is 0.292. The molecular weight excluding hydrogens is 388 g/mol. The molecule has 1 aliphatic rings. The van der Waals surface area contributed by atoms with Crippen molar-refractivity contribution in [3.8, 4) is 5.82 Å². The number of fused-ring (bicyclic) bond motifs is 1. The quantitative estimate of drug-likeness (QED) is 0.557. The zero-order valence-electron chi connectivity index (χ0n) is 17.9. The van der Waals surface area contributed by atoms with Crippen LogP contribution in [0, 0.1) is 13.8 Å². The smallest absolute Gasteiger partial charge is 0.227 e. The Hall–Kier alpha value is -3.61. The van der Waals surface area contributed by atoms with Gasteiger partial charge in [0.05, 0.1) is 23.5 Å². The van der Waals surface area contributed by atoms with Crippen LogP contribution < -0.4 is 4.90 Å². The van der Waals surface area contributed by atoms with E-state index in [1.807, 2.05) is 59.1 Å². The standard InChI is InChI=1S/C24H26N6O/c1-17-24(18(2)30(27-17)22-9-5-6-10-25-22)29-13-11-28(12-14-29)23(31)15-19-16-26-21-8-4-3-7-20(19)21/h3-10,16,26H,11-15H2,1-2H3. The molecule has 3 aromatic heterocycles. The molecule has 1 fully saturated rings. The van der Waals surface area contributed by atoms with Crippen molar-refractivity contribution in [1.29, 1.82) is 0 Å². The molecule has 5 rings (SSSR count). The van der Waals surface area contributed by atoms with Crippen molar-refractivity contribution in [2.24, 2.45) is 0 Å². The molecule has 1 N–H and O–H groups in total. The summed E-state index contributed by atoms with van der Waals surface area (Å²) in [6.07, 6.45) is 4.17. The van der Waals surface area contributed by atoms with E-state index in [1.165, 1.54) is 0 Å². The predicted octanol–water partition coefficient (Wildman–Crippen LogP) is 3.26. The van der Waals surface area contributed by atoms with Crippen LogP contribution in [0.5, 0.6) is 0 Å². The van der Waals surface area contributed by atoms with E-state index < -0.39 is 0 Å². The number of aryl methyl sites for hydroxylation is 1. The van der Waals surface area contributed by atoms with Gasteiger partial charge < -0.3 is 14.8 Å². The van der Waals surface area contributed by atoms with Gasteiger partial charge in [0, 0.05) is 49.5 Å². The second-order valence-corrected chi connectivity index (χ2v) is 8.02. The topological polar surface area (TPSA) is 70.1 Å². The van der Waals surface area contributed by atoms with Gasteiger partial charge in [0.25, 0.3) is 0 Å². The van der Waals surface area contributed by atoms with Gasteiger partial charge in [0.15, 0.2) is 5.82 Å². The Labute approximate surface area is 181 Å². The lowest BCUT2D eigenvalue weighted by atomic mass is 10.1. The maximum absolute atomic E-state index is 12.9. The summed E-state index contributed by atoms with van der Waals surface area (Å²) in [6.45, 7) is 7.16. The number of nitrogens with one attached hydrogen (secondary N) is 1. The van der Waals surface area contributed by atoms with E-state index in [1.54, 1.807) is 6.20 Å². The van der Waals surface area contributed by atoms with Crippen LogP contribution in [0.2, 0.25) is 0 Å². The minimum Gasteiger partial charge on any atom is -0.365 e. The Bertz CT molecular complexity index is 1220. The summed E-state index contributed by atoms with van der Waals surface area (Å²) in [7, 11) is 0. The van der Waals surface area contributed by atoms with Gasteiger partial charge >= 0.3 is 0 Å². The highest BCUT2D eigenvalue weighted by molar-refractivity contribution is 5.89. The summed E-state index contributed by atoms with van der Waals surface area (Å²) in [5, 5.41) is 5.84. The number of carbonyl (C=O) groups excluding carboxylic acids is 1. The number of hydrogen-bond acceptors (Lipinski definition) is 4.